The van der Waals surface area contributed by atoms with Gasteiger partial charge >= 0.3 is 11.9 Å². The van der Waals surface area contributed by atoms with E-state index in [4.69, 9.17) is 4.74 Å². The number of aromatic nitrogens is 3. The number of fused-ring (bicyclic) bond motifs is 1. The Balaban J connectivity index is 2.43. The number of ether oxygens (including phenoxy) is 1. The highest BCUT2D eigenvalue weighted by molar-refractivity contribution is 7.99. The van der Waals surface area contributed by atoms with Gasteiger partial charge in [0.15, 0.2) is 0 Å². The van der Waals surface area contributed by atoms with E-state index in [1.165, 1.54) is 14.0 Å². The van der Waals surface area contributed by atoms with Gasteiger partial charge in [0.1, 0.15) is 5.82 Å². The van der Waals surface area contributed by atoms with Crippen LogP contribution in [0.3, 0.4) is 0 Å². The van der Waals surface area contributed by atoms with Crippen molar-refractivity contribution in [2.75, 3.05) is 19.5 Å². The number of alkyl halides is 3. The number of halogens is 4. The van der Waals surface area contributed by atoms with E-state index >= 15 is 0 Å². The SMILES string of the molecule is CO[C@@H](CO)CSc1c(-c2cc(C)c(F)cn2)c(C(F)(F)F)cc2c(=O)[nH]c(=O)[nH]c12. The topological polar surface area (TPSA) is 108 Å². The Labute approximate surface area is 176 Å². The molecule has 0 saturated heterocycles. The van der Waals surface area contributed by atoms with Crippen molar-refractivity contribution in [3.8, 4) is 11.3 Å². The molecule has 0 bridgehead atoms. The van der Waals surface area contributed by atoms with Crippen LogP contribution in [0.1, 0.15) is 11.1 Å². The third-order valence-corrected chi connectivity index (χ3v) is 5.79. The summed E-state index contributed by atoms with van der Waals surface area (Å²) in [6.07, 6.45) is -4.81. The lowest BCUT2D eigenvalue weighted by atomic mass is 9.99. The van der Waals surface area contributed by atoms with Crippen molar-refractivity contribution in [3.05, 3.63) is 56.1 Å². The van der Waals surface area contributed by atoms with Gasteiger partial charge in [-0.1, -0.05) is 0 Å². The molecule has 3 N–H and O–H groups in total. The molecule has 0 unspecified atom stereocenters. The van der Waals surface area contributed by atoms with Crippen LogP contribution in [0.15, 0.2) is 32.8 Å². The Hall–Kier alpha value is -2.70. The molecule has 7 nitrogen and oxygen atoms in total. The number of hydrogen-bond acceptors (Lipinski definition) is 6. The van der Waals surface area contributed by atoms with Gasteiger partial charge < -0.3 is 14.8 Å². The molecule has 3 aromatic rings. The molecule has 0 radical (unpaired) electrons. The number of hydrogen-bond donors (Lipinski definition) is 3. The second kappa shape index (κ2) is 8.81. The first-order valence-corrected chi connectivity index (χ1v) is 9.84. The first kappa shape index (κ1) is 23.0. The third-order valence-electron chi connectivity index (χ3n) is 4.55. The average molecular weight is 459 g/mol. The minimum absolute atomic E-state index is 0.00537. The van der Waals surface area contributed by atoms with Gasteiger partial charge in [-0.2, -0.15) is 13.2 Å². The normalized spacial score (nSPS) is 13.0. The number of aliphatic hydroxyl groups is 1. The summed E-state index contributed by atoms with van der Waals surface area (Å²) in [4.78, 5) is 32.1. The number of H-pyrrole nitrogens is 2. The number of thioether (sulfide) groups is 1. The summed E-state index contributed by atoms with van der Waals surface area (Å²) in [5, 5.41) is 8.98. The monoisotopic (exact) mass is 459 g/mol. The average Bonchev–Trinajstić information content (AvgIpc) is 2.69. The fourth-order valence-corrected chi connectivity index (χ4v) is 4.20. The molecule has 0 spiro atoms. The molecular weight excluding hydrogens is 442 g/mol. The van der Waals surface area contributed by atoms with Crippen LogP contribution in [0, 0.1) is 12.7 Å². The van der Waals surface area contributed by atoms with E-state index in [1.54, 1.807) is 0 Å². The molecule has 12 heteroatoms. The van der Waals surface area contributed by atoms with Crippen LogP contribution >= 0.6 is 11.8 Å². The highest BCUT2D eigenvalue weighted by Crippen LogP contribution is 2.44. The van der Waals surface area contributed by atoms with Gasteiger partial charge in [0.25, 0.3) is 5.56 Å². The molecule has 0 fully saturated rings. The summed E-state index contributed by atoms with van der Waals surface area (Å²) in [5.74, 6) is -0.692. The predicted molar refractivity (Wildman–Crippen MR) is 107 cm³/mol. The molecule has 0 aliphatic rings. The van der Waals surface area contributed by atoms with Crippen molar-refractivity contribution in [1.82, 2.24) is 15.0 Å². The maximum Gasteiger partial charge on any atom is 0.417 e. The minimum Gasteiger partial charge on any atom is -0.394 e. The molecule has 3 rings (SSSR count). The van der Waals surface area contributed by atoms with Gasteiger partial charge in [0.05, 0.1) is 41.1 Å². The number of rotatable bonds is 6. The summed E-state index contributed by atoms with van der Waals surface area (Å²) in [7, 11) is 1.32. The van der Waals surface area contributed by atoms with Crippen LogP contribution < -0.4 is 11.2 Å². The molecule has 31 heavy (non-hydrogen) atoms. The van der Waals surface area contributed by atoms with Gasteiger partial charge in [-0.15, -0.1) is 11.8 Å². The summed E-state index contributed by atoms with van der Waals surface area (Å²) >= 11 is 0.845. The van der Waals surface area contributed by atoms with Crippen LogP contribution in [-0.4, -0.2) is 45.6 Å². The van der Waals surface area contributed by atoms with Crippen LogP contribution in [0.2, 0.25) is 0 Å². The Morgan fingerprint density at radius 2 is 1.97 bits per heavy atom. The number of nitrogens with zero attached hydrogens (tertiary/aromatic N) is 1. The highest BCUT2D eigenvalue weighted by Gasteiger charge is 2.37. The van der Waals surface area contributed by atoms with Crippen LogP contribution in [0.5, 0.6) is 0 Å². The molecular formula is C19H17F4N3O4S. The Kier molecular flexibility index (Phi) is 6.53. The molecule has 0 amide bonds. The highest BCUT2D eigenvalue weighted by atomic mass is 32.2. The lowest BCUT2D eigenvalue weighted by Crippen LogP contribution is -2.24. The molecule has 0 saturated carbocycles. The fourth-order valence-electron chi connectivity index (χ4n) is 2.95. The molecule has 1 atom stereocenters. The van der Waals surface area contributed by atoms with Crippen molar-refractivity contribution in [2.45, 2.75) is 24.1 Å². The zero-order valence-electron chi connectivity index (χ0n) is 16.3. The van der Waals surface area contributed by atoms with Crippen LogP contribution in [0.25, 0.3) is 22.2 Å². The van der Waals surface area contributed by atoms with E-state index in [-0.39, 0.29) is 32.8 Å². The van der Waals surface area contributed by atoms with Gasteiger partial charge in [-0.05, 0) is 24.6 Å². The van der Waals surface area contributed by atoms with Gasteiger partial charge in [-0.3, -0.25) is 14.8 Å². The van der Waals surface area contributed by atoms with E-state index in [0.29, 0.717) is 6.07 Å². The van der Waals surface area contributed by atoms with E-state index in [2.05, 4.69) is 9.97 Å². The Morgan fingerprint density at radius 3 is 2.55 bits per heavy atom. The zero-order chi connectivity index (χ0) is 22.9. The molecule has 0 aliphatic carbocycles. The number of aryl methyl sites for hydroxylation is 1. The van der Waals surface area contributed by atoms with Crippen molar-refractivity contribution in [3.63, 3.8) is 0 Å². The van der Waals surface area contributed by atoms with Crippen molar-refractivity contribution < 1.29 is 27.4 Å². The number of pyridine rings is 1. The smallest absolute Gasteiger partial charge is 0.394 e. The third kappa shape index (κ3) is 4.65. The maximum absolute atomic E-state index is 14.0. The second-order valence-corrected chi connectivity index (χ2v) is 7.66. The summed E-state index contributed by atoms with van der Waals surface area (Å²) in [6.45, 7) is 0.974. The number of benzene rings is 1. The van der Waals surface area contributed by atoms with Crippen molar-refractivity contribution >= 4 is 22.7 Å². The van der Waals surface area contributed by atoms with Gasteiger partial charge in [-0.25, -0.2) is 9.18 Å². The zero-order valence-corrected chi connectivity index (χ0v) is 17.1. The second-order valence-electron chi connectivity index (χ2n) is 6.63. The first-order valence-electron chi connectivity index (χ1n) is 8.86. The van der Waals surface area contributed by atoms with E-state index in [1.807, 2.05) is 4.98 Å². The summed E-state index contributed by atoms with van der Waals surface area (Å²) in [6, 6.07) is 1.78. The van der Waals surface area contributed by atoms with E-state index < -0.39 is 47.1 Å². The standard InChI is InChI=1S/C19H17F4N3O4S/c1-8-3-13(24-5-12(8)20)14-11(19(21,22)23)4-10-15(25-18(29)26-17(10)28)16(14)31-7-9(6-27)30-2/h3-5,9,27H,6-7H2,1-2H3,(H2,25,26,28,29)/t9-/m0/s1. The van der Waals surface area contributed by atoms with E-state index in [9.17, 15) is 32.3 Å². The Bertz CT molecular complexity index is 1240. The molecule has 2 heterocycles. The number of methoxy groups -OCH3 is 1. The van der Waals surface area contributed by atoms with Crippen molar-refractivity contribution in [1.29, 1.82) is 0 Å². The quantitative estimate of drug-likeness (QED) is 0.387. The van der Waals surface area contributed by atoms with Crippen LogP contribution in [0.4, 0.5) is 17.6 Å². The predicted octanol–water partition coefficient (Wildman–Crippen LogP) is 2.84. The van der Waals surface area contributed by atoms with E-state index in [0.717, 1.165) is 24.0 Å². The fraction of sp³-hybridized carbons (Fsp3) is 0.316. The van der Waals surface area contributed by atoms with Gasteiger partial charge in [0.2, 0.25) is 0 Å². The number of aromatic amines is 2. The largest absolute Gasteiger partial charge is 0.417 e. The Morgan fingerprint density at radius 1 is 1.26 bits per heavy atom. The van der Waals surface area contributed by atoms with Crippen molar-refractivity contribution in [2.24, 2.45) is 0 Å². The maximum atomic E-state index is 14.0. The van der Waals surface area contributed by atoms with Crippen LogP contribution in [-0.2, 0) is 10.9 Å². The molecule has 1 aromatic carbocycles. The summed E-state index contributed by atoms with van der Waals surface area (Å²) < 4.78 is 60.8. The molecule has 0 aliphatic heterocycles. The van der Waals surface area contributed by atoms with Gasteiger partial charge in [0, 0.05) is 23.3 Å². The minimum atomic E-state index is -4.89. The lowest BCUT2D eigenvalue weighted by molar-refractivity contribution is -0.137. The summed E-state index contributed by atoms with van der Waals surface area (Å²) in [5.41, 5.74) is -3.73. The molecule has 166 valence electrons. The first-order chi connectivity index (χ1) is 14.6. The number of aliphatic hydroxyl groups excluding tert-OH is 1. The number of nitrogens with one attached hydrogen (secondary N) is 2. The molecule has 2 aromatic heterocycles. The lowest BCUT2D eigenvalue weighted by Gasteiger charge is -2.20.